The molecule has 1 atom stereocenters. The van der Waals surface area contributed by atoms with Crippen molar-refractivity contribution in [3.8, 4) is 11.5 Å². The second kappa shape index (κ2) is 5.55. The average molecular weight is 269 g/mol. The predicted molar refractivity (Wildman–Crippen MR) is 79.0 cm³/mol. The van der Waals surface area contributed by atoms with Gasteiger partial charge in [-0.1, -0.05) is 37.3 Å². The minimum absolute atomic E-state index is 0.00118. The van der Waals surface area contributed by atoms with E-state index >= 15 is 0 Å². The average Bonchev–Trinajstić information content (AvgIpc) is 2.95. The molecule has 0 amide bonds. The van der Waals surface area contributed by atoms with Crippen LogP contribution in [-0.2, 0) is 12.8 Å². The zero-order chi connectivity index (χ0) is 13.9. The molecule has 2 N–H and O–H groups in total. The first-order valence-electron chi connectivity index (χ1n) is 6.99. The largest absolute Gasteiger partial charge is 0.454 e. The van der Waals surface area contributed by atoms with E-state index in [-0.39, 0.29) is 6.04 Å². The predicted octanol–water partition coefficient (Wildman–Crippen LogP) is 3.22. The van der Waals surface area contributed by atoms with Crippen LogP contribution in [0, 0.1) is 0 Å². The topological polar surface area (TPSA) is 44.5 Å². The van der Waals surface area contributed by atoms with Gasteiger partial charge in [-0.15, -0.1) is 0 Å². The second-order valence-corrected chi connectivity index (χ2v) is 5.09. The van der Waals surface area contributed by atoms with Crippen LogP contribution in [0.25, 0.3) is 0 Å². The summed E-state index contributed by atoms with van der Waals surface area (Å²) in [5.74, 6) is 1.63. The van der Waals surface area contributed by atoms with E-state index in [1.54, 1.807) is 0 Å². The molecule has 2 aromatic carbocycles. The molecule has 1 unspecified atom stereocenters. The fourth-order valence-corrected chi connectivity index (χ4v) is 2.44. The zero-order valence-electron chi connectivity index (χ0n) is 11.6. The molecule has 0 radical (unpaired) electrons. The lowest BCUT2D eigenvalue weighted by Crippen LogP contribution is -2.13. The van der Waals surface area contributed by atoms with E-state index < -0.39 is 0 Å². The van der Waals surface area contributed by atoms with Crippen LogP contribution in [0.4, 0.5) is 0 Å². The van der Waals surface area contributed by atoms with Crippen molar-refractivity contribution in [2.75, 3.05) is 6.79 Å². The summed E-state index contributed by atoms with van der Waals surface area (Å²) in [5, 5.41) is 0. The first-order valence-corrected chi connectivity index (χ1v) is 6.99. The Morgan fingerprint density at radius 3 is 2.45 bits per heavy atom. The Labute approximate surface area is 119 Å². The lowest BCUT2D eigenvalue weighted by Gasteiger charge is -2.13. The maximum absolute atomic E-state index is 6.29. The minimum Gasteiger partial charge on any atom is -0.454 e. The summed E-state index contributed by atoms with van der Waals surface area (Å²) in [7, 11) is 0. The van der Waals surface area contributed by atoms with Gasteiger partial charge in [0.15, 0.2) is 11.5 Å². The van der Waals surface area contributed by atoms with Gasteiger partial charge in [-0.3, -0.25) is 0 Å². The quantitative estimate of drug-likeness (QED) is 0.927. The van der Waals surface area contributed by atoms with Crippen molar-refractivity contribution in [1.29, 1.82) is 0 Å². The minimum atomic E-state index is 0.00118. The Bertz CT molecular complexity index is 592. The van der Waals surface area contributed by atoms with Gasteiger partial charge in [0.05, 0.1) is 0 Å². The van der Waals surface area contributed by atoms with E-state index in [9.17, 15) is 0 Å². The van der Waals surface area contributed by atoms with Crippen molar-refractivity contribution in [1.82, 2.24) is 0 Å². The summed E-state index contributed by atoms with van der Waals surface area (Å²) >= 11 is 0. The number of rotatable bonds is 4. The Hall–Kier alpha value is -2.00. The van der Waals surface area contributed by atoms with Crippen molar-refractivity contribution in [2.24, 2.45) is 5.73 Å². The van der Waals surface area contributed by atoms with Crippen molar-refractivity contribution >= 4 is 0 Å². The fourth-order valence-electron chi connectivity index (χ4n) is 2.44. The van der Waals surface area contributed by atoms with E-state index in [4.69, 9.17) is 15.2 Å². The van der Waals surface area contributed by atoms with Crippen LogP contribution in [0.3, 0.4) is 0 Å². The third-order valence-electron chi connectivity index (χ3n) is 3.71. The molecule has 1 aliphatic rings. The Morgan fingerprint density at radius 2 is 1.70 bits per heavy atom. The lowest BCUT2D eigenvalue weighted by atomic mass is 9.98. The van der Waals surface area contributed by atoms with E-state index in [0.717, 1.165) is 24.3 Å². The molecular weight excluding hydrogens is 250 g/mol. The summed E-state index contributed by atoms with van der Waals surface area (Å²) in [6.45, 7) is 2.46. The highest BCUT2D eigenvalue weighted by Gasteiger charge is 2.14. The molecule has 0 spiro atoms. The van der Waals surface area contributed by atoms with Crippen LogP contribution >= 0.6 is 0 Å². The first-order chi connectivity index (χ1) is 9.76. The summed E-state index contributed by atoms with van der Waals surface area (Å²) in [6, 6.07) is 14.6. The number of fused-ring (bicyclic) bond motifs is 1. The van der Waals surface area contributed by atoms with Gasteiger partial charge < -0.3 is 15.2 Å². The summed E-state index contributed by atoms with van der Waals surface area (Å²) < 4.78 is 10.7. The van der Waals surface area contributed by atoms with Crippen molar-refractivity contribution in [3.63, 3.8) is 0 Å². The monoisotopic (exact) mass is 269 g/mol. The van der Waals surface area contributed by atoms with Crippen molar-refractivity contribution in [3.05, 3.63) is 59.2 Å². The standard InChI is InChI=1S/C17H19NO2/c1-2-12-3-6-14(7-4-12)15(18)9-13-5-8-16-17(10-13)20-11-19-16/h3-8,10,15H,2,9,11,18H2,1H3. The first kappa shape index (κ1) is 13.0. The van der Waals surface area contributed by atoms with E-state index in [1.807, 2.05) is 18.2 Å². The molecular formula is C17H19NO2. The maximum Gasteiger partial charge on any atom is 0.231 e. The third kappa shape index (κ3) is 2.63. The highest BCUT2D eigenvalue weighted by Crippen LogP contribution is 2.33. The van der Waals surface area contributed by atoms with Gasteiger partial charge in [0, 0.05) is 6.04 Å². The molecule has 0 aliphatic carbocycles. The van der Waals surface area contributed by atoms with Gasteiger partial charge in [-0.25, -0.2) is 0 Å². The normalized spacial score (nSPS) is 14.3. The van der Waals surface area contributed by atoms with Crippen molar-refractivity contribution < 1.29 is 9.47 Å². The Kier molecular flexibility index (Phi) is 3.61. The van der Waals surface area contributed by atoms with Crippen LogP contribution in [0.1, 0.15) is 29.7 Å². The van der Waals surface area contributed by atoms with Gasteiger partial charge in [0.25, 0.3) is 0 Å². The van der Waals surface area contributed by atoms with Crippen LogP contribution < -0.4 is 15.2 Å². The van der Waals surface area contributed by atoms with Crippen molar-refractivity contribution in [2.45, 2.75) is 25.8 Å². The van der Waals surface area contributed by atoms with Crippen LogP contribution in [0.15, 0.2) is 42.5 Å². The smallest absolute Gasteiger partial charge is 0.231 e. The van der Waals surface area contributed by atoms with Gasteiger partial charge in [0.1, 0.15) is 0 Å². The van der Waals surface area contributed by atoms with Crippen LogP contribution in [-0.4, -0.2) is 6.79 Å². The fraction of sp³-hybridized carbons (Fsp3) is 0.294. The van der Waals surface area contributed by atoms with Gasteiger partial charge in [0.2, 0.25) is 6.79 Å². The number of hydrogen-bond donors (Lipinski definition) is 1. The molecule has 0 aromatic heterocycles. The molecule has 3 heteroatoms. The molecule has 3 nitrogen and oxygen atoms in total. The van der Waals surface area contributed by atoms with Gasteiger partial charge in [-0.2, -0.15) is 0 Å². The molecule has 0 saturated carbocycles. The molecule has 0 fully saturated rings. The van der Waals surface area contributed by atoms with Gasteiger partial charge in [-0.05, 0) is 41.7 Å². The number of nitrogens with two attached hydrogens (primary N) is 1. The summed E-state index contributed by atoms with van der Waals surface area (Å²) in [5.41, 5.74) is 9.96. The Morgan fingerprint density at radius 1 is 1.00 bits per heavy atom. The summed E-state index contributed by atoms with van der Waals surface area (Å²) in [4.78, 5) is 0. The van der Waals surface area contributed by atoms with Crippen LogP contribution in [0.2, 0.25) is 0 Å². The van der Waals surface area contributed by atoms with Gasteiger partial charge >= 0.3 is 0 Å². The van der Waals surface area contributed by atoms with E-state index in [2.05, 4.69) is 31.2 Å². The summed E-state index contributed by atoms with van der Waals surface area (Å²) in [6.07, 6.45) is 1.85. The third-order valence-corrected chi connectivity index (χ3v) is 3.71. The maximum atomic E-state index is 6.29. The number of benzene rings is 2. The number of aryl methyl sites for hydroxylation is 1. The molecule has 20 heavy (non-hydrogen) atoms. The number of hydrogen-bond acceptors (Lipinski definition) is 3. The molecule has 0 saturated heterocycles. The molecule has 1 aliphatic heterocycles. The lowest BCUT2D eigenvalue weighted by molar-refractivity contribution is 0.174. The second-order valence-electron chi connectivity index (χ2n) is 5.09. The molecule has 2 aromatic rings. The molecule has 104 valence electrons. The molecule has 0 bridgehead atoms. The van der Waals surface area contributed by atoms with E-state index in [1.165, 1.54) is 16.7 Å². The van der Waals surface area contributed by atoms with E-state index in [0.29, 0.717) is 6.79 Å². The van der Waals surface area contributed by atoms with Crippen LogP contribution in [0.5, 0.6) is 11.5 Å². The highest BCUT2D eigenvalue weighted by atomic mass is 16.7. The number of ether oxygens (including phenoxy) is 2. The zero-order valence-corrected chi connectivity index (χ0v) is 11.6. The SMILES string of the molecule is CCc1ccc(C(N)Cc2ccc3c(c2)OCO3)cc1. The molecule has 3 rings (SSSR count). The molecule has 1 heterocycles. The highest BCUT2D eigenvalue weighted by molar-refractivity contribution is 5.45. The Balaban J connectivity index is 1.73.